The molecule has 8 nitrogen and oxygen atoms in total. The third-order valence-corrected chi connectivity index (χ3v) is 4.43. The van der Waals surface area contributed by atoms with E-state index in [1.165, 1.54) is 12.1 Å². The second kappa shape index (κ2) is 9.70. The number of carbonyl (C=O) groups is 1. The third-order valence-electron chi connectivity index (χ3n) is 4.43. The van der Waals surface area contributed by atoms with E-state index in [0.717, 1.165) is 19.6 Å². The Morgan fingerprint density at radius 1 is 1.21 bits per heavy atom. The van der Waals surface area contributed by atoms with Gasteiger partial charge in [0.25, 0.3) is 11.6 Å². The van der Waals surface area contributed by atoms with Gasteiger partial charge in [-0.3, -0.25) is 14.9 Å². The van der Waals surface area contributed by atoms with Gasteiger partial charge in [-0.25, -0.2) is 0 Å². The molecule has 0 heterocycles. The zero-order chi connectivity index (χ0) is 20.7. The number of nitro benzene ring substituents is 1. The van der Waals surface area contributed by atoms with Gasteiger partial charge in [0.15, 0.2) is 0 Å². The molecule has 0 aromatic heterocycles. The summed E-state index contributed by atoms with van der Waals surface area (Å²) < 4.78 is 5.71. The van der Waals surface area contributed by atoms with Crippen LogP contribution in [0.15, 0.2) is 36.4 Å². The summed E-state index contributed by atoms with van der Waals surface area (Å²) >= 11 is 0. The SMILES string of the molecule is CCN(CC)CCOc1ccc(NC(=O)c2cc(C)cc([N+](=O)[O-])c2N)cc1. The number of anilines is 2. The van der Waals surface area contributed by atoms with Gasteiger partial charge >= 0.3 is 0 Å². The minimum atomic E-state index is -0.594. The number of nitrogens with zero attached hydrogens (tertiary/aromatic N) is 2. The van der Waals surface area contributed by atoms with Gasteiger partial charge in [-0.1, -0.05) is 13.8 Å². The number of nitrogens with one attached hydrogen (secondary N) is 1. The standard InChI is InChI=1S/C20H26N4O4/c1-4-23(5-2)10-11-28-16-8-6-15(7-9-16)22-20(25)17-12-14(3)13-18(19(17)21)24(26)27/h6-9,12-13H,4-5,10-11,21H2,1-3H3,(H,22,25). The van der Waals surface area contributed by atoms with Crippen LogP contribution < -0.4 is 15.8 Å². The molecular weight excluding hydrogens is 360 g/mol. The monoisotopic (exact) mass is 386 g/mol. The van der Waals surface area contributed by atoms with Gasteiger partial charge in [0, 0.05) is 18.3 Å². The molecule has 3 N–H and O–H groups in total. The highest BCUT2D eigenvalue weighted by Gasteiger charge is 2.20. The number of hydrogen-bond donors (Lipinski definition) is 2. The Morgan fingerprint density at radius 3 is 2.43 bits per heavy atom. The molecule has 0 aliphatic rings. The summed E-state index contributed by atoms with van der Waals surface area (Å²) in [5.41, 5.74) is 6.59. The molecule has 0 unspecified atom stereocenters. The normalized spacial score (nSPS) is 10.7. The lowest BCUT2D eigenvalue weighted by atomic mass is 10.1. The predicted octanol–water partition coefficient (Wildman–Crippen LogP) is 3.46. The van der Waals surface area contributed by atoms with Crippen LogP contribution in [0.3, 0.4) is 0 Å². The highest BCUT2D eigenvalue weighted by molar-refractivity contribution is 6.09. The Morgan fingerprint density at radius 2 is 1.86 bits per heavy atom. The third kappa shape index (κ3) is 5.43. The van der Waals surface area contributed by atoms with E-state index in [1.807, 2.05) is 0 Å². The molecular formula is C20H26N4O4. The number of ether oxygens (including phenoxy) is 1. The van der Waals surface area contributed by atoms with Crippen LogP contribution in [0.2, 0.25) is 0 Å². The van der Waals surface area contributed by atoms with Crippen LogP contribution >= 0.6 is 0 Å². The van der Waals surface area contributed by atoms with Crippen molar-refractivity contribution >= 4 is 23.0 Å². The van der Waals surface area contributed by atoms with E-state index in [1.54, 1.807) is 31.2 Å². The Hall–Kier alpha value is -3.13. The summed E-state index contributed by atoms with van der Waals surface area (Å²) in [4.78, 5) is 25.3. The maximum atomic E-state index is 12.5. The van der Waals surface area contributed by atoms with E-state index < -0.39 is 10.8 Å². The lowest BCUT2D eigenvalue weighted by Gasteiger charge is -2.18. The van der Waals surface area contributed by atoms with Gasteiger partial charge in [0.2, 0.25) is 0 Å². The van der Waals surface area contributed by atoms with Gasteiger partial charge in [-0.2, -0.15) is 0 Å². The number of rotatable bonds is 9. The number of aryl methyl sites for hydroxylation is 1. The largest absolute Gasteiger partial charge is 0.492 e. The molecule has 0 aliphatic heterocycles. The average molecular weight is 386 g/mol. The van der Waals surface area contributed by atoms with Crippen LogP contribution in [0, 0.1) is 17.0 Å². The van der Waals surface area contributed by atoms with E-state index in [4.69, 9.17) is 10.5 Å². The van der Waals surface area contributed by atoms with Crippen molar-refractivity contribution in [3.05, 3.63) is 57.6 Å². The molecule has 2 rings (SSSR count). The zero-order valence-electron chi connectivity index (χ0n) is 16.4. The van der Waals surface area contributed by atoms with Gasteiger partial charge in [0.05, 0.1) is 10.5 Å². The van der Waals surface area contributed by atoms with Gasteiger partial charge < -0.3 is 20.7 Å². The molecule has 0 atom stereocenters. The molecule has 0 saturated carbocycles. The van der Waals surface area contributed by atoms with Crippen molar-refractivity contribution < 1.29 is 14.5 Å². The molecule has 2 aromatic rings. The molecule has 0 fully saturated rings. The maximum absolute atomic E-state index is 12.5. The lowest BCUT2D eigenvalue weighted by molar-refractivity contribution is -0.384. The minimum absolute atomic E-state index is 0.0752. The van der Waals surface area contributed by atoms with Gasteiger partial charge in [-0.05, 0) is 55.9 Å². The van der Waals surface area contributed by atoms with Crippen molar-refractivity contribution in [2.45, 2.75) is 20.8 Å². The number of nitro groups is 1. The van der Waals surface area contributed by atoms with Crippen LogP contribution in [0.25, 0.3) is 0 Å². The van der Waals surface area contributed by atoms with E-state index in [-0.39, 0.29) is 16.9 Å². The Kier molecular flexibility index (Phi) is 7.34. The first-order chi connectivity index (χ1) is 13.3. The Balaban J connectivity index is 2.02. The van der Waals surface area contributed by atoms with E-state index >= 15 is 0 Å². The molecule has 0 bridgehead atoms. The number of nitrogens with two attached hydrogens (primary N) is 1. The van der Waals surface area contributed by atoms with E-state index in [0.29, 0.717) is 23.6 Å². The van der Waals surface area contributed by atoms with Crippen LogP contribution in [0.4, 0.5) is 17.1 Å². The van der Waals surface area contributed by atoms with E-state index in [9.17, 15) is 14.9 Å². The number of likely N-dealkylation sites (N-methyl/N-ethyl adjacent to an activating group) is 1. The van der Waals surface area contributed by atoms with E-state index in [2.05, 4.69) is 24.1 Å². The summed E-state index contributed by atoms with van der Waals surface area (Å²) in [5, 5.41) is 13.8. The van der Waals surface area contributed by atoms with Crippen molar-refractivity contribution in [1.29, 1.82) is 0 Å². The van der Waals surface area contributed by atoms with Crippen molar-refractivity contribution in [3.63, 3.8) is 0 Å². The van der Waals surface area contributed by atoms with Crippen molar-refractivity contribution in [2.24, 2.45) is 0 Å². The Labute approximate surface area is 164 Å². The van der Waals surface area contributed by atoms with Gasteiger partial charge in [-0.15, -0.1) is 0 Å². The van der Waals surface area contributed by atoms with Gasteiger partial charge in [0.1, 0.15) is 18.0 Å². The molecule has 0 aliphatic carbocycles. The molecule has 0 spiro atoms. The second-order valence-electron chi connectivity index (χ2n) is 6.36. The molecule has 150 valence electrons. The van der Waals surface area contributed by atoms with Crippen LogP contribution in [-0.4, -0.2) is 42.0 Å². The summed E-state index contributed by atoms with van der Waals surface area (Å²) in [7, 11) is 0. The number of hydrogen-bond acceptors (Lipinski definition) is 6. The highest BCUT2D eigenvalue weighted by atomic mass is 16.6. The summed E-state index contributed by atoms with van der Waals surface area (Å²) in [6, 6.07) is 9.83. The first-order valence-electron chi connectivity index (χ1n) is 9.16. The number of nitrogen functional groups attached to an aromatic ring is 1. The fraction of sp³-hybridized carbons (Fsp3) is 0.350. The second-order valence-corrected chi connectivity index (χ2v) is 6.36. The summed E-state index contributed by atoms with van der Waals surface area (Å²) in [5.74, 6) is 0.204. The van der Waals surface area contributed by atoms with Crippen LogP contribution in [0.5, 0.6) is 5.75 Å². The van der Waals surface area contributed by atoms with Crippen LogP contribution in [0.1, 0.15) is 29.8 Å². The first kappa shape index (κ1) is 21.2. The van der Waals surface area contributed by atoms with Crippen LogP contribution in [-0.2, 0) is 0 Å². The number of benzene rings is 2. The predicted molar refractivity (Wildman–Crippen MR) is 110 cm³/mol. The fourth-order valence-corrected chi connectivity index (χ4v) is 2.78. The molecule has 0 radical (unpaired) electrons. The molecule has 2 aromatic carbocycles. The summed E-state index contributed by atoms with van der Waals surface area (Å²) in [6.07, 6.45) is 0. The molecule has 28 heavy (non-hydrogen) atoms. The quantitative estimate of drug-likeness (QED) is 0.388. The van der Waals surface area contributed by atoms with Crippen molar-refractivity contribution in [2.75, 3.05) is 37.3 Å². The number of amides is 1. The first-order valence-corrected chi connectivity index (χ1v) is 9.16. The fourth-order valence-electron chi connectivity index (χ4n) is 2.78. The maximum Gasteiger partial charge on any atom is 0.293 e. The Bertz CT molecular complexity index is 833. The zero-order valence-corrected chi connectivity index (χ0v) is 16.4. The highest BCUT2D eigenvalue weighted by Crippen LogP contribution is 2.28. The van der Waals surface area contributed by atoms with Crippen molar-refractivity contribution in [1.82, 2.24) is 4.90 Å². The average Bonchev–Trinajstić information content (AvgIpc) is 2.67. The molecule has 0 saturated heterocycles. The lowest BCUT2D eigenvalue weighted by Crippen LogP contribution is -2.27. The molecule has 8 heteroatoms. The topological polar surface area (TPSA) is 111 Å². The minimum Gasteiger partial charge on any atom is -0.492 e. The number of carbonyl (C=O) groups excluding carboxylic acids is 1. The molecule has 1 amide bonds. The smallest absolute Gasteiger partial charge is 0.293 e. The summed E-state index contributed by atoms with van der Waals surface area (Å²) in [6.45, 7) is 9.27. The van der Waals surface area contributed by atoms with Crippen molar-refractivity contribution in [3.8, 4) is 5.75 Å².